The Balaban J connectivity index is 2.44. The maximum atomic E-state index is 12.7. The van der Waals surface area contributed by atoms with Crippen molar-refractivity contribution in [1.29, 1.82) is 0 Å². The molecule has 1 aliphatic rings. The summed E-state index contributed by atoms with van der Waals surface area (Å²) in [5.74, 6) is 0.0853. The van der Waals surface area contributed by atoms with Gasteiger partial charge in [-0.1, -0.05) is 11.6 Å². The van der Waals surface area contributed by atoms with E-state index in [4.69, 9.17) is 23.2 Å². The molecular formula is C10H11Cl2F3N2. The quantitative estimate of drug-likeness (QED) is 0.759. The van der Waals surface area contributed by atoms with Crippen LogP contribution < -0.4 is 0 Å². The van der Waals surface area contributed by atoms with Crippen LogP contribution in [0.5, 0.6) is 0 Å². The molecule has 1 atom stereocenters. The third-order valence-electron chi connectivity index (χ3n) is 3.04. The first-order valence-electron chi connectivity index (χ1n) is 5.26. The summed E-state index contributed by atoms with van der Waals surface area (Å²) < 4.78 is 39.4. The fourth-order valence-electron chi connectivity index (χ4n) is 1.84. The zero-order valence-corrected chi connectivity index (χ0v) is 10.6. The van der Waals surface area contributed by atoms with E-state index in [1.54, 1.807) is 0 Å². The summed E-state index contributed by atoms with van der Waals surface area (Å²) in [6.07, 6.45) is -2.49. The number of hydrogen-bond donors (Lipinski definition) is 0. The van der Waals surface area contributed by atoms with Crippen LogP contribution >= 0.6 is 23.2 Å². The molecule has 0 aromatic carbocycles. The lowest BCUT2D eigenvalue weighted by Gasteiger charge is -2.11. The molecule has 0 bridgehead atoms. The fourth-order valence-corrected chi connectivity index (χ4v) is 2.51. The van der Waals surface area contributed by atoms with Crippen molar-refractivity contribution in [3.63, 3.8) is 0 Å². The Labute approximate surface area is 107 Å². The van der Waals surface area contributed by atoms with E-state index < -0.39 is 11.9 Å². The van der Waals surface area contributed by atoms with Crippen molar-refractivity contribution in [1.82, 2.24) is 9.78 Å². The highest BCUT2D eigenvalue weighted by molar-refractivity contribution is 6.31. The summed E-state index contributed by atoms with van der Waals surface area (Å²) >= 11 is 11.4. The predicted octanol–water partition coefficient (Wildman–Crippen LogP) is 4.27. The first-order valence-corrected chi connectivity index (χ1v) is 6.17. The third-order valence-corrected chi connectivity index (χ3v) is 3.70. The highest BCUT2D eigenvalue weighted by Crippen LogP contribution is 2.43. The minimum Gasteiger partial charge on any atom is -0.250 e. The van der Waals surface area contributed by atoms with Gasteiger partial charge >= 0.3 is 6.18 Å². The van der Waals surface area contributed by atoms with Gasteiger partial charge in [0.25, 0.3) is 0 Å². The Morgan fingerprint density at radius 2 is 2.06 bits per heavy atom. The summed E-state index contributed by atoms with van der Waals surface area (Å²) in [7, 11) is 0. The first-order chi connectivity index (χ1) is 7.86. The molecule has 2 rings (SSSR count). The summed E-state index contributed by atoms with van der Waals surface area (Å²) in [4.78, 5) is 0. The number of alkyl halides is 4. The second kappa shape index (κ2) is 4.35. The van der Waals surface area contributed by atoms with Crippen LogP contribution in [0.2, 0.25) is 5.15 Å². The summed E-state index contributed by atoms with van der Waals surface area (Å²) in [5, 5.41) is 3.59. The van der Waals surface area contributed by atoms with E-state index in [0.717, 1.165) is 12.8 Å². The summed E-state index contributed by atoms with van der Waals surface area (Å²) in [6.45, 7) is 1.83. The van der Waals surface area contributed by atoms with Crippen LogP contribution in [-0.4, -0.2) is 9.78 Å². The van der Waals surface area contributed by atoms with Gasteiger partial charge in [0.15, 0.2) is 5.69 Å². The molecule has 0 spiro atoms. The van der Waals surface area contributed by atoms with E-state index in [1.165, 1.54) is 4.68 Å². The van der Waals surface area contributed by atoms with Crippen LogP contribution in [0.25, 0.3) is 0 Å². The molecule has 96 valence electrons. The number of halogens is 5. The Kier molecular flexibility index (Phi) is 3.34. The van der Waals surface area contributed by atoms with E-state index in [9.17, 15) is 13.2 Å². The van der Waals surface area contributed by atoms with E-state index in [-0.39, 0.29) is 22.6 Å². The molecule has 1 heterocycles. The Hall–Kier alpha value is -0.420. The second-order valence-corrected chi connectivity index (χ2v) is 4.90. The highest BCUT2D eigenvalue weighted by Gasteiger charge is 2.40. The average Bonchev–Trinajstić information content (AvgIpc) is 3.00. The molecule has 1 aromatic rings. The van der Waals surface area contributed by atoms with Crippen LogP contribution in [0.15, 0.2) is 0 Å². The maximum Gasteiger partial charge on any atom is 0.435 e. The van der Waals surface area contributed by atoms with Crippen molar-refractivity contribution >= 4 is 23.2 Å². The van der Waals surface area contributed by atoms with Crippen LogP contribution in [0, 0.1) is 5.92 Å². The monoisotopic (exact) mass is 286 g/mol. The number of hydrogen-bond acceptors (Lipinski definition) is 1. The molecule has 1 unspecified atom stereocenters. The maximum absolute atomic E-state index is 12.7. The van der Waals surface area contributed by atoms with Gasteiger partial charge in [0.2, 0.25) is 0 Å². The standard InChI is InChI=1S/C10H11Cl2F3N2/c1-5(6-2-3-6)17-9(12)7(4-11)8(16-17)10(13,14)15/h5-6H,2-4H2,1H3. The van der Waals surface area contributed by atoms with E-state index in [0.29, 0.717) is 5.92 Å². The number of nitrogens with zero attached hydrogens (tertiary/aromatic N) is 2. The largest absolute Gasteiger partial charge is 0.435 e. The van der Waals surface area contributed by atoms with Crippen molar-refractivity contribution in [2.75, 3.05) is 0 Å². The summed E-state index contributed by atoms with van der Waals surface area (Å²) in [6, 6.07) is -0.111. The molecule has 0 radical (unpaired) electrons. The van der Waals surface area contributed by atoms with Crippen LogP contribution in [0.3, 0.4) is 0 Å². The molecule has 0 N–H and O–H groups in total. The molecule has 7 heteroatoms. The van der Waals surface area contributed by atoms with Gasteiger partial charge in [0.1, 0.15) is 5.15 Å². The minimum atomic E-state index is -4.51. The lowest BCUT2D eigenvalue weighted by Crippen LogP contribution is -2.12. The number of rotatable bonds is 3. The highest BCUT2D eigenvalue weighted by atomic mass is 35.5. The smallest absolute Gasteiger partial charge is 0.250 e. The van der Waals surface area contributed by atoms with E-state index >= 15 is 0 Å². The molecule has 1 saturated carbocycles. The van der Waals surface area contributed by atoms with Gasteiger partial charge in [0, 0.05) is 5.56 Å². The fraction of sp³-hybridized carbons (Fsp3) is 0.700. The predicted molar refractivity (Wildman–Crippen MR) is 59.2 cm³/mol. The lowest BCUT2D eigenvalue weighted by molar-refractivity contribution is -0.142. The molecule has 17 heavy (non-hydrogen) atoms. The molecule has 0 aliphatic heterocycles. The van der Waals surface area contributed by atoms with Gasteiger partial charge < -0.3 is 0 Å². The topological polar surface area (TPSA) is 17.8 Å². The van der Waals surface area contributed by atoms with Crippen molar-refractivity contribution in [2.24, 2.45) is 5.92 Å². The minimum absolute atomic E-state index is 0.00623. The van der Waals surface area contributed by atoms with Gasteiger partial charge in [-0.15, -0.1) is 11.6 Å². The van der Waals surface area contributed by atoms with Gasteiger partial charge in [-0.25, -0.2) is 0 Å². The van der Waals surface area contributed by atoms with E-state index in [2.05, 4.69) is 5.10 Å². The second-order valence-electron chi connectivity index (χ2n) is 4.27. The lowest BCUT2D eigenvalue weighted by atomic mass is 10.2. The van der Waals surface area contributed by atoms with Gasteiger partial charge in [-0.2, -0.15) is 18.3 Å². The third kappa shape index (κ3) is 2.40. The van der Waals surface area contributed by atoms with Gasteiger partial charge in [0.05, 0.1) is 11.9 Å². The van der Waals surface area contributed by atoms with Crippen LogP contribution in [0.4, 0.5) is 13.2 Å². The Bertz CT molecular complexity index is 424. The number of aromatic nitrogens is 2. The van der Waals surface area contributed by atoms with E-state index in [1.807, 2.05) is 6.92 Å². The molecule has 0 amide bonds. The molecular weight excluding hydrogens is 276 g/mol. The molecule has 2 nitrogen and oxygen atoms in total. The van der Waals surface area contributed by atoms with Crippen molar-refractivity contribution < 1.29 is 13.2 Å². The average molecular weight is 287 g/mol. The molecule has 1 aliphatic carbocycles. The first kappa shape index (κ1) is 13.0. The van der Waals surface area contributed by atoms with Gasteiger partial charge in [-0.05, 0) is 25.7 Å². The SMILES string of the molecule is CC(C1CC1)n1nc(C(F)(F)F)c(CCl)c1Cl. The Morgan fingerprint density at radius 1 is 1.47 bits per heavy atom. The van der Waals surface area contributed by atoms with Gasteiger partial charge in [-0.3, -0.25) is 4.68 Å². The van der Waals surface area contributed by atoms with Crippen molar-refractivity contribution in [2.45, 2.75) is 37.9 Å². The van der Waals surface area contributed by atoms with Crippen molar-refractivity contribution in [3.05, 3.63) is 16.4 Å². The van der Waals surface area contributed by atoms with Crippen LogP contribution in [0.1, 0.15) is 37.1 Å². The zero-order chi connectivity index (χ0) is 12.8. The normalized spacial score (nSPS) is 18.5. The molecule has 0 saturated heterocycles. The van der Waals surface area contributed by atoms with Crippen molar-refractivity contribution in [3.8, 4) is 0 Å². The van der Waals surface area contributed by atoms with Crippen LogP contribution in [-0.2, 0) is 12.1 Å². The molecule has 1 fully saturated rings. The zero-order valence-electron chi connectivity index (χ0n) is 9.06. The Morgan fingerprint density at radius 3 is 2.41 bits per heavy atom. The summed E-state index contributed by atoms with van der Waals surface area (Å²) in [5.41, 5.74) is -1.10. The molecule has 1 aromatic heterocycles.